The minimum absolute atomic E-state index is 0.179. The SMILES string of the molecule is COC(C(C)N)C1CCCCC1. The molecule has 2 nitrogen and oxygen atoms in total. The van der Waals surface area contributed by atoms with E-state index in [1.165, 1.54) is 32.1 Å². The summed E-state index contributed by atoms with van der Waals surface area (Å²) in [5.74, 6) is 0.712. The van der Waals surface area contributed by atoms with Crippen molar-refractivity contribution < 1.29 is 4.74 Å². The van der Waals surface area contributed by atoms with E-state index >= 15 is 0 Å². The van der Waals surface area contributed by atoms with Gasteiger partial charge in [-0.15, -0.1) is 0 Å². The van der Waals surface area contributed by atoms with Crippen LogP contribution in [0.1, 0.15) is 39.0 Å². The number of methoxy groups -OCH3 is 1. The van der Waals surface area contributed by atoms with Crippen LogP contribution in [0.25, 0.3) is 0 Å². The second-order valence-electron chi connectivity index (χ2n) is 3.96. The fourth-order valence-electron chi connectivity index (χ4n) is 2.30. The fourth-order valence-corrected chi connectivity index (χ4v) is 2.30. The second-order valence-corrected chi connectivity index (χ2v) is 3.96. The van der Waals surface area contributed by atoms with Gasteiger partial charge in [-0.05, 0) is 25.7 Å². The standard InChI is InChI=1S/C10H21NO/c1-8(11)10(12-2)9-6-4-3-5-7-9/h8-10H,3-7,11H2,1-2H3. The highest BCUT2D eigenvalue weighted by Crippen LogP contribution is 2.28. The third-order valence-corrected chi connectivity index (χ3v) is 2.90. The van der Waals surface area contributed by atoms with Gasteiger partial charge in [-0.1, -0.05) is 19.3 Å². The molecule has 2 atom stereocenters. The van der Waals surface area contributed by atoms with Gasteiger partial charge >= 0.3 is 0 Å². The zero-order chi connectivity index (χ0) is 8.97. The largest absolute Gasteiger partial charge is 0.380 e. The van der Waals surface area contributed by atoms with E-state index < -0.39 is 0 Å². The van der Waals surface area contributed by atoms with Crippen LogP contribution >= 0.6 is 0 Å². The smallest absolute Gasteiger partial charge is 0.0747 e. The maximum atomic E-state index is 5.85. The van der Waals surface area contributed by atoms with Gasteiger partial charge < -0.3 is 10.5 Å². The molecule has 0 heterocycles. The van der Waals surface area contributed by atoms with Crippen molar-refractivity contribution in [3.63, 3.8) is 0 Å². The molecule has 1 fully saturated rings. The normalized spacial score (nSPS) is 25.2. The van der Waals surface area contributed by atoms with E-state index in [1.807, 2.05) is 6.92 Å². The van der Waals surface area contributed by atoms with Crippen molar-refractivity contribution in [2.24, 2.45) is 11.7 Å². The van der Waals surface area contributed by atoms with Crippen LogP contribution < -0.4 is 5.73 Å². The van der Waals surface area contributed by atoms with Gasteiger partial charge in [0.2, 0.25) is 0 Å². The second kappa shape index (κ2) is 4.83. The number of hydrogen-bond donors (Lipinski definition) is 1. The molecule has 1 aliphatic carbocycles. The first-order valence-corrected chi connectivity index (χ1v) is 5.04. The van der Waals surface area contributed by atoms with Crippen LogP contribution in [0.3, 0.4) is 0 Å². The summed E-state index contributed by atoms with van der Waals surface area (Å²) >= 11 is 0. The molecular weight excluding hydrogens is 150 g/mol. The molecule has 0 aromatic heterocycles. The monoisotopic (exact) mass is 171 g/mol. The first kappa shape index (κ1) is 10.0. The predicted molar refractivity (Wildman–Crippen MR) is 51.0 cm³/mol. The van der Waals surface area contributed by atoms with E-state index in [1.54, 1.807) is 7.11 Å². The highest BCUT2D eigenvalue weighted by atomic mass is 16.5. The molecule has 1 aliphatic rings. The van der Waals surface area contributed by atoms with Gasteiger partial charge in [0, 0.05) is 13.2 Å². The minimum atomic E-state index is 0.179. The van der Waals surface area contributed by atoms with Crippen molar-refractivity contribution in [2.45, 2.75) is 51.2 Å². The van der Waals surface area contributed by atoms with Crippen LogP contribution in [-0.4, -0.2) is 19.3 Å². The Morgan fingerprint density at radius 3 is 2.25 bits per heavy atom. The van der Waals surface area contributed by atoms with Crippen LogP contribution in [0.4, 0.5) is 0 Å². The number of nitrogens with two attached hydrogens (primary N) is 1. The Morgan fingerprint density at radius 1 is 1.25 bits per heavy atom. The van der Waals surface area contributed by atoms with Gasteiger partial charge in [-0.25, -0.2) is 0 Å². The Kier molecular flexibility index (Phi) is 4.02. The number of rotatable bonds is 3. The van der Waals surface area contributed by atoms with Crippen molar-refractivity contribution in [2.75, 3.05) is 7.11 Å². The first-order chi connectivity index (χ1) is 5.75. The van der Waals surface area contributed by atoms with Crippen LogP contribution in [0.5, 0.6) is 0 Å². The molecule has 0 bridgehead atoms. The third-order valence-electron chi connectivity index (χ3n) is 2.90. The van der Waals surface area contributed by atoms with Crippen molar-refractivity contribution in [3.05, 3.63) is 0 Å². The molecule has 0 spiro atoms. The van der Waals surface area contributed by atoms with Crippen molar-refractivity contribution >= 4 is 0 Å². The molecule has 0 radical (unpaired) electrons. The zero-order valence-corrected chi connectivity index (χ0v) is 8.25. The van der Waals surface area contributed by atoms with Crippen LogP contribution in [0.2, 0.25) is 0 Å². The molecule has 0 amide bonds. The summed E-state index contributed by atoms with van der Waals surface area (Å²) in [7, 11) is 1.78. The number of hydrogen-bond acceptors (Lipinski definition) is 2. The molecule has 1 saturated carbocycles. The molecule has 0 aliphatic heterocycles. The Labute approximate surface area is 75.5 Å². The van der Waals surface area contributed by atoms with E-state index in [0.29, 0.717) is 5.92 Å². The first-order valence-electron chi connectivity index (χ1n) is 5.04. The average Bonchev–Trinajstić information content (AvgIpc) is 2.07. The molecule has 0 saturated heterocycles. The molecule has 2 N–H and O–H groups in total. The molecule has 2 heteroatoms. The molecule has 0 aromatic carbocycles. The Balaban J connectivity index is 2.40. The maximum absolute atomic E-state index is 5.85. The zero-order valence-electron chi connectivity index (χ0n) is 8.25. The Hall–Kier alpha value is -0.0800. The summed E-state index contributed by atoms with van der Waals surface area (Å²) in [6.45, 7) is 2.04. The highest BCUT2D eigenvalue weighted by molar-refractivity contribution is 4.79. The molecule has 72 valence electrons. The lowest BCUT2D eigenvalue weighted by molar-refractivity contribution is 0.0219. The van der Waals surface area contributed by atoms with Crippen LogP contribution in [0.15, 0.2) is 0 Å². The molecule has 12 heavy (non-hydrogen) atoms. The van der Waals surface area contributed by atoms with Gasteiger partial charge in [-0.2, -0.15) is 0 Å². The topological polar surface area (TPSA) is 35.2 Å². The summed E-state index contributed by atoms with van der Waals surface area (Å²) in [5.41, 5.74) is 5.85. The maximum Gasteiger partial charge on any atom is 0.0747 e. The van der Waals surface area contributed by atoms with Crippen molar-refractivity contribution in [3.8, 4) is 0 Å². The summed E-state index contributed by atoms with van der Waals surface area (Å²) in [4.78, 5) is 0. The third kappa shape index (κ3) is 2.46. The van der Waals surface area contributed by atoms with Crippen molar-refractivity contribution in [1.29, 1.82) is 0 Å². The Bertz CT molecular complexity index is 119. The lowest BCUT2D eigenvalue weighted by atomic mass is 9.83. The summed E-state index contributed by atoms with van der Waals surface area (Å²) in [5, 5.41) is 0. The molecular formula is C10H21NO. The van der Waals surface area contributed by atoms with E-state index in [2.05, 4.69) is 0 Å². The van der Waals surface area contributed by atoms with Gasteiger partial charge in [-0.3, -0.25) is 0 Å². The minimum Gasteiger partial charge on any atom is -0.380 e. The fraction of sp³-hybridized carbons (Fsp3) is 1.00. The lowest BCUT2D eigenvalue weighted by Crippen LogP contribution is -2.40. The van der Waals surface area contributed by atoms with Crippen molar-refractivity contribution in [1.82, 2.24) is 0 Å². The average molecular weight is 171 g/mol. The summed E-state index contributed by atoms with van der Waals surface area (Å²) in [6, 6.07) is 0.179. The van der Waals surface area contributed by atoms with E-state index in [-0.39, 0.29) is 12.1 Å². The molecule has 0 aromatic rings. The molecule has 1 rings (SSSR count). The van der Waals surface area contributed by atoms with Gasteiger partial charge in [0.25, 0.3) is 0 Å². The summed E-state index contributed by atoms with van der Waals surface area (Å²) < 4.78 is 5.43. The van der Waals surface area contributed by atoms with E-state index in [9.17, 15) is 0 Å². The number of ether oxygens (including phenoxy) is 1. The van der Waals surface area contributed by atoms with Crippen LogP contribution in [0, 0.1) is 5.92 Å². The highest BCUT2D eigenvalue weighted by Gasteiger charge is 2.25. The van der Waals surface area contributed by atoms with E-state index in [4.69, 9.17) is 10.5 Å². The lowest BCUT2D eigenvalue weighted by Gasteiger charge is -2.31. The van der Waals surface area contributed by atoms with Gasteiger partial charge in [0.15, 0.2) is 0 Å². The quantitative estimate of drug-likeness (QED) is 0.704. The van der Waals surface area contributed by atoms with E-state index in [0.717, 1.165) is 0 Å². The Morgan fingerprint density at radius 2 is 1.83 bits per heavy atom. The summed E-state index contributed by atoms with van der Waals surface area (Å²) in [6.07, 6.45) is 7.01. The van der Waals surface area contributed by atoms with Gasteiger partial charge in [0.05, 0.1) is 6.10 Å². The predicted octanol–water partition coefficient (Wildman–Crippen LogP) is 1.93. The van der Waals surface area contributed by atoms with Gasteiger partial charge in [0.1, 0.15) is 0 Å². The molecule has 2 unspecified atom stereocenters. The van der Waals surface area contributed by atoms with Crippen LogP contribution in [-0.2, 0) is 4.74 Å².